The van der Waals surface area contributed by atoms with Gasteiger partial charge in [-0.25, -0.2) is 4.39 Å². The largest absolute Gasteiger partial charge is 0.456 e. The first kappa shape index (κ1) is 27.8. The minimum Gasteiger partial charge on any atom is -0.456 e. The van der Waals surface area contributed by atoms with Crippen LogP contribution in [0.5, 0.6) is 0 Å². The Balaban J connectivity index is 1.36. The number of carbonyl (C=O) groups excluding carboxylic acids is 1. The summed E-state index contributed by atoms with van der Waals surface area (Å²) in [5.74, 6) is 0.744. The molecule has 0 spiro atoms. The number of aliphatic hydroxyl groups is 1. The molecule has 2 aromatic heterocycles. The maximum absolute atomic E-state index is 13.7. The molecule has 1 saturated carbocycles. The van der Waals surface area contributed by atoms with Crippen molar-refractivity contribution < 1.29 is 18.7 Å². The second kappa shape index (κ2) is 11.5. The Morgan fingerprint density at radius 1 is 1.24 bits per heavy atom. The number of anilines is 1. The van der Waals surface area contributed by atoms with Gasteiger partial charge in [-0.1, -0.05) is 18.0 Å². The van der Waals surface area contributed by atoms with Gasteiger partial charge in [0.1, 0.15) is 23.4 Å². The SMILES string of the molecule is CNC(O)c1c(-c2ccc(F)cc2)oc2cc(N(C)SC)c(C3CCCN(C(=O)C4CC4c4ccccn4)C3)cc12. The molecule has 1 aliphatic heterocycles. The Labute approximate surface area is 243 Å². The van der Waals surface area contributed by atoms with Gasteiger partial charge in [-0.2, -0.15) is 0 Å². The molecule has 214 valence electrons. The first-order valence-electron chi connectivity index (χ1n) is 14.1. The van der Waals surface area contributed by atoms with Crippen LogP contribution < -0.4 is 9.62 Å². The number of piperidine rings is 1. The lowest BCUT2D eigenvalue weighted by molar-refractivity contribution is -0.133. The first-order chi connectivity index (χ1) is 19.9. The summed E-state index contributed by atoms with van der Waals surface area (Å²) in [6, 6.07) is 16.2. The fraction of sp³-hybridized carbons (Fsp3) is 0.375. The molecular formula is C32H35FN4O3S. The molecule has 3 heterocycles. The van der Waals surface area contributed by atoms with Gasteiger partial charge in [0.05, 0.1) is 5.69 Å². The quantitative estimate of drug-likeness (QED) is 0.195. The number of nitrogens with zero attached hydrogens (tertiary/aromatic N) is 3. The van der Waals surface area contributed by atoms with Crippen LogP contribution in [0.25, 0.3) is 22.3 Å². The van der Waals surface area contributed by atoms with Crippen molar-refractivity contribution in [1.29, 1.82) is 0 Å². The molecule has 2 fully saturated rings. The number of aromatic nitrogens is 1. The van der Waals surface area contributed by atoms with E-state index in [0.29, 0.717) is 29.0 Å². The van der Waals surface area contributed by atoms with Crippen LogP contribution in [0.2, 0.25) is 0 Å². The van der Waals surface area contributed by atoms with Gasteiger partial charge in [-0.05, 0) is 74.3 Å². The van der Waals surface area contributed by atoms with Gasteiger partial charge < -0.3 is 18.7 Å². The van der Waals surface area contributed by atoms with Gasteiger partial charge in [0.25, 0.3) is 0 Å². The summed E-state index contributed by atoms with van der Waals surface area (Å²) >= 11 is 1.61. The molecule has 2 aliphatic rings. The third kappa shape index (κ3) is 5.34. The Morgan fingerprint density at radius 3 is 2.76 bits per heavy atom. The number of pyridine rings is 1. The Kier molecular flexibility index (Phi) is 7.76. The van der Waals surface area contributed by atoms with Crippen LogP contribution in [-0.4, -0.2) is 54.3 Å². The van der Waals surface area contributed by atoms with Crippen LogP contribution in [0.15, 0.2) is 65.2 Å². The van der Waals surface area contributed by atoms with Gasteiger partial charge in [-0.15, -0.1) is 0 Å². The highest BCUT2D eigenvalue weighted by Gasteiger charge is 2.47. The van der Waals surface area contributed by atoms with E-state index in [0.717, 1.165) is 48.1 Å². The van der Waals surface area contributed by atoms with Gasteiger partial charge >= 0.3 is 0 Å². The molecule has 1 amide bonds. The summed E-state index contributed by atoms with van der Waals surface area (Å²) in [5.41, 5.74) is 5.10. The molecule has 2 aromatic carbocycles. The van der Waals surface area contributed by atoms with Crippen LogP contribution in [0, 0.1) is 11.7 Å². The molecule has 6 rings (SSSR count). The van der Waals surface area contributed by atoms with E-state index < -0.39 is 6.23 Å². The number of nitrogens with one attached hydrogen (secondary N) is 1. The van der Waals surface area contributed by atoms with Crippen LogP contribution in [0.4, 0.5) is 10.1 Å². The number of rotatable bonds is 8. The van der Waals surface area contributed by atoms with E-state index in [2.05, 4.69) is 20.7 Å². The first-order valence-corrected chi connectivity index (χ1v) is 15.3. The van der Waals surface area contributed by atoms with Gasteiger partial charge in [-0.3, -0.25) is 15.1 Å². The predicted octanol–water partition coefficient (Wildman–Crippen LogP) is 6.07. The fourth-order valence-corrected chi connectivity index (χ4v) is 6.51. The van der Waals surface area contributed by atoms with Gasteiger partial charge in [0.15, 0.2) is 0 Å². The summed E-state index contributed by atoms with van der Waals surface area (Å²) in [6.07, 6.45) is 5.59. The lowest BCUT2D eigenvalue weighted by atomic mass is 9.87. The van der Waals surface area contributed by atoms with Crippen molar-refractivity contribution in [1.82, 2.24) is 15.2 Å². The number of aliphatic hydroxyl groups excluding tert-OH is 1. The van der Waals surface area contributed by atoms with Gasteiger partial charge in [0.2, 0.25) is 5.91 Å². The highest BCUT2D eigenvalue weighted by atomic mass is 32.2. The minimum absolute atomic E-state index is 0.00370. The van der Waals surface area contributed by atoms with E-state index in [4.69, 9.17) is 4.42 Å². The van der Waals surface area contributed by atoms with Crippen molar-refractivity contribution in [2.75, 3.05) is 37.7 Å². The average molecular weight is 575 g/mol. The number of hydrogen-bond donors (Lipinski definition) is 2. The summed E-state index contributed by atoms with van der Waals surface area (Å²) in [4.78, 5) is 20.1. The average Bonchev–Trinajstić information content (AvgIpc) is 3.73. The van der Waals surface area contributed by atoms with E-state index in [9.17, 15) is 14.3 Å². The number of carbonyl (C=O) groups is 1. The van der Waals surface area contributed by atoms with Crippen LogP contribution in [0.3, 0.4) is 0 Å². The topological polar surface area (TPSA) is 81.8 Å². The normalized spacial score (nSPS) is 21.2. The number of halogens is 1. The number of likely N-dealkylation sites (tertiary alicyclic amines) is 1. The number of furan rings is 1. The maximum Gasteiger partial charge on any atom is 0.226 e. The zero-order valence-corrected chi connectivity index (χ0v) is 24.3. The van der Waals surface area contributed by atoms with Crippen LogP contribution >= 0.6 is 11.9 Å². The van der Waals surface area contributed by atoms with Crippen molar-refractivity contribution in [2.24, 2.45) is 5.92 Å². The fourth-order valence-electron chi connectivity index (χ4n) is 6.15. The van der Waals surface area contributed by atoms with Crippen molar-refractivity contribution in [3.63, 3.8) is 0 Å². The molecule has 41 heavy (non-hydrogen) atoms. The molecule has 2 N–H and O–H groups in total. The van der Waals surface area contributed by atoms with Crippen molar-refractivity contribution in [2.45, 2.75) is 37.3 Å². The highest BCUT2D eigenvalue weighted by Crippen LogP contribution is 2.49. The monoisotopic (exact) mass is 574 g/mol. The number of hydrogen-bond acceptors (Lipinski definition) is 7. The smallest absolute Gasteiger partial charge is 0.226 e. The standard InChI is InChI=1S/C32H35FN4O3S/c1-34-31(38)29-25-15-22(27(36(2)41-3)17-28(25)40-30(29)19-9-11-21(33)12-10-19)20-7-6-14-37(18-20)32(39)24-16-23(24)26-8-4-5-13-35-26/h4-5,8-13,15,17,20,23-24,31,34,38H,6-7,14,16,18H2,1-3H3. The molecular weight excluding hydrogens is 539 g/mol. The molecule has 0 radical (unpaired) electrons. The molecule has 0 bridgehead atoms. The minimum atomic E-state index is -0.976. The summed E-state index contributed by atoms with van der Waals surface area (Å²) in [6.45, 7) is 1.42. The number of benzene rings is 2. The summed E-state index contributed by atoms with van der Waals surface area (Å²) < 4.78 is 22.2. The highest BCUT2D eigenvalue weighted by molar-refractivity contribution is 7.99. The Hall–Kier alpha value is -3.40. The van der Waals surface area contributed by atoms with E-state index in [1.807, 2.05) is 42.5 Å². The van der Waals surface area contributed by atoms with Crippen molar-refractivity contribution in [3.8, 4) is 11.3 Å². The maximum atomic E-state index is 13.7. The van der Waals surface area contributed by atoms with Crippen molar-refractivity contribution >= 4 is 34.5 Å². The number of amides is 1. The van der Waals surface area contributed by atoms with E-state index >= 15 is 0 Å². The second-order valence-electron chi connectivity index (χ2n) is 11.0. The Morgan fingerprint density at radius 2 is 2.05 bits per heavy atom. The van der Waals surface area contributed by atoms with Gasteiger partial charge in [0, 0.05) is 78.6 Å². The third-order valence-corrected chi connectivity index (χ3v) is 9.23. The Bertz CT molecular complexity index is 1540. The lowest BCUT2D eigenvalue weighted by Crippen LogP contribution is -2.40. The molecule has 4 atom stereocenters. The predicted molar refractivity (Wildman–Crippen MR) is 161 cm³/mol. The molecule has 4 unspecified atom stereocenters. The van der Waals surface area contributed by atoms with Crippen LogP contribution in [0.1, 0.15) is 54.1 Å². The lowest BCUT2D eigenvalue weighted by Gasteiger charge is -2.35. The summed E-state index contributed by atoms with van der Waals surface area (Å²) in [5, 5.41) is 14.8. The zero-order valence-electron chi connectivity index (χ0n) is 23.5. The van der Waals surface area contributed by atoms with E-state index in [-0.39, 0.29) is 29.5 Å². The number of fused-ring (bicyclic) bond motifs is 1. The molecule has 4 aromatic rings. The third-order valence-electron chi connectivity index (χ3n) is 8.49. The zero-order chi connectivity index (χ0) is 28.7. The van der Waals surface area contributed by atoms with E-state index in [1.54, 1.807) is 37.3 Å². The van der Waals surface area contributed by atoms with Crippen LogP contribution in [-0.2, 0) is 4.79 Å². The molecule has 1 aliphatic carbocycles. The van der Waals surface area contributed by atoms with E-state index in [1.165, 1.54) is 12.1 Å². The van der Waals surface area contributed by atoms with Crippen molar-refractivity contribution in [3.05, 3.63) is 83.4 Å². The second-order valence-corrected chi connectivity index (χ2v) is 11.9. The molecule has 9 heteroatoms. The molecule has 1 saturated heterocycles. The summed E-state index contributed by atoms with van der Waals surface area (Å²) in [7, 11) is 3.71. The molecule has 7 nitrogen and oxygen atoms in total.